The van der Waals surface area contributed by atoms with E-state index in [1.165, 1.54) is 0 Å². The molecule has 0 aliphatic carbocycles. The SMILES string of the molecule is C=CC(=O)OCC(COC(=O)C=O)OC(=O)C=O. The summed E-state index contributed by atoms with van der Waals surface area (Å²) in [7, 11) is 0. The first-order valence-corrected chi connectivity index (χ1v) is 4.60. The van der Waals surface area contributed by atoms with E-state index in [1.54, 1.807) is 0 Å². The second kappa shape index (κ2) is 8.62. The average Bonchev–Trinajstić information content (AvgIpc) is 2.40. The van der Waals surface area contributed by atoms with E-state index in [9.17, 15) is 24.0 Å². The Morgan fingerprint density at radius 3 is 1.89 bits per heavy atom. The predicted molar refractivity (Wildman–Crippen MR) is 54.1 cm³/mol. The lowest BCUT2D eigenvalue weighted by atomic mass is 10.4. The van der Waals surface area contributed by atoms with Gasteiger partial charge in [0.2, 0.25) is 12.6 Å². The highest BCUT2D eigenvalue weighted by atomic mass is 16.6. The first-order chi connectivity index (χ1) is 8.53. The fourth-order valence-corrected chi connectivity index (χ4v) is 0.751. The molecule has 0 aliphatic heterocycles. The van der Waals surface area contributed by atoms with E-state index in [4.69, 9.17) is 0 Å². The van der Waals surface area contributed by atoms with Gasteiger partial charge in [0.15, 0.2) is 6.10 Å². The standard InChI is InChI=1S/C10H10O8/c1-2-8(13)16-5-7(18-10(15)4-12)6-17-9(14)3-11/h2-4,7H,1,5-6H2. The highest BCUT2D eigenvalue weighted by Crippen LogP contribution is 1.97. The van der Waals surface area contributed by atoms with E-state index in [-0.39, 0.29) is 12.6 Å². The molecule has 0 N–H and O–H groups in total. The Morgan fingerprint density at radius 1 is 0.944 bits per heavy atom. The minimum absolute atomic E-state index is 0.0889. The topological polar surface area (TPSA) is 113 Å². The molecular formula is C10H10O8. The Morgan fingerprint density at radius 2 is 1.44 bits per heavy atom. The van der Waals surface area contributed by atoms with Gasteiger partial charge in [-0.05, 0) is 0 Å². The lowest BCUT2D eigenvalue weighted by molar-refractivity contribution is -0.166. The molecule has 0 radical (unpaired) electrons. The zero-order valence-electron chi connectivity index (χ0n) is 9.20. The van der Waals surface area contributed by atoms with E-state index in [1.807, 2.05) is 0 Å². The van der Waals surface area contributed by atoms with Gasteiger partial charge in [-0.2, -0.15) is 0 Å². The van der Waals surface area contributed by atoms with Crippen LogP contribution >= 0.6 is 0 Å². The summed E-state index contributed by atoms with van der Waals surface area (Å²) >= 11 is 0. The van der Waals surface area contributed by atoms with E-state index < -0.39 is 37.2 Å². The third-order valence-corrected chi connectivity index (χ3v) is 1.46. The molecule has 1 atom stereocenters. The minimum Gasteiger partial charge on any atom is -0.458 e. The van der Waals surface area contributed by atoms with Crippen molar-refractivity contribution in [1.29, 1.82) is 0 Å². The van der Waals surface area contributed by atoms with Crippen molar-refractivity contribution in [3.05, 3.63) is 12.7 Å². The van der Waals surface area contributed by atoms with Crippen LogP contribution in [-0.4, -0.2) is 49.8 Å². The molecule has 0 heterocycles. The molecule has 8 nitrogen and oxygen atoms in total. The second-order valence-electron chi connectivity index (χ2n) is 2.76. The van der Waals surface area contributed by atoms with Gasteiger partial charge in [-0.15, -0.1) is 0 Å². The molecule has 0 rings (SSSR count). The molecule has 0 aliphatic rings. The van der Waals surface area contributed by atoms with Crippen LogP contribution < -0.4 is 0 Å². The third-order valence-electron chi connectivity index (χ3n) is 1.46. The number of rotatable bonds is 8. The number of aldehydes is 2. The van der Waals surface area contributed by atoms with Crippen LogP contribution in [-0.2, 0) is 38.2 Å². The molecule has 0 fully saturated rings. The van der Waals surface area contributed by atoms with Crippen LogP contribution in [0.5, 0.6) is 0 Å². The van der Waals surface area contributed by atoms with Crippen LogP contribution in [0.2, 0.25) is 0 Å². The van der Waals surface area contributed by atoms with Gasteiger partial charge in [0.25, 0.3) is 0 Å². The van der Waals surface area contributed by atoms with Gasteiger partial charge in [0.1, 0.15) is 13.2 Å². The molecule has 0 aromatic rings. The number of ether oxygens (including phenoxy) is 3. The van der Waals surface area contributed by atoms with Gasteiger partial charge in [-0.25, -0.2) is 14.4 Å². The summed E-state index contributed by atoms with van der Waals surface area (Å²) in [6.07, 6.45) is -0.510. The van der Waals surface area contributed by atoms with Gasteiger partial charge < -0.3 is 14.2 Å². The number of carbonyl (C=O) groups excluding carboxylic acids is 5. The molecule has 0 bridgehead atoms. The maximum absolute atomic E-state index is 10.8. The summed E-state index contributed by atoms with van der Waals surface area (Å²) in [6.45, 7) is 2.16. The highest BCUT2D eigenvalue weighted by Gasteiger charge is 2.18. The Balaban J connectivity index is 4.31. The van der Waals surface area contributed by atoms with Crippen molar-refractivity contribution in [3.63, 3.8) is 0 Å². The molecule has 0 saturated carbocycles. The Labute approximate surface area is 101 Å². The molecule has 98 valence electrons. The first-order valence-electron chi connectivity index (χ1n) is 4.60. The summed E-state index contributed by atoms with van der Waals surface area (Å²) in [5, 5.41) is 0. The van der Waals surface area contributed by atoms with Gasteiger partial charge >= 0.3 is 17.9 Å². The molecule has 0 amide bonds. The maximum atomic E-state index is 10.8. The number of hydrogen-bond donors (Lipinski definition) is 0. The van der Waals surface area contributed by atoms with Gasteiger partial charge in [-0.1, -0.05) is 6.58 Å². The summed E-state index contributed by atoms with van der Waals surface area (Å²) in [5.74, 6) is -3.20. The minimum atomic E-state index is -1.23. The zero-order valence-corrected chi connectivity index (χ0v) is 9.20. The van der Waals surface area contributed by atoms with Gasteiger partial charge in [0, 0.05) is 6.08 Å². The van der Waals surface area contributed by atoms with Crippen molar-refractivity contribution < 1.29 is 38.2 Å². The maximum Gasteiger partial charge on any atom is 0.371 e. The lowest BCUT2D eigenvalue weighted by Gasteiger charge is -2.15. The summed E-state index contributed by atoms with van der Waals surface area (Å²) in [5.41, 5.74) is 0. The summed E-state index contributed by atoms with van der Waals surface area (Å²) in [4.78, 5) is 52.0. The van der Waals surface area contributed by atoms with Gasteiger partial charge in [0.05, 0.1) is 0 Å². The van der Waals surface area contributed by atoms with Crippen LogP contribution in [0.3, 0.4) is 0 Å². The predicted octanol–water partition coefficient (Wildman–Crippen LogP) is -1.43. The average molecular weight is 258 g/mol. The van der Waals surface area contributed by atoms with E-state index in [0.717, 1.165) is 6.08 Å². The normalized spacial score (nSPS) is 10.7. The van der Waals surface area contributed by atoms with Crippen molar-refractivity contribution >= 4 is 30.5 Å². The molecular weight excluding hydrogens is 248 g/mol. The van der Waals surface area contributed by atoms with Crippen molar-refractivity contribution in [2.75, 3.05) is 13.2 Å². The third kappa shape index (κ3) is 6.88. The Hall–Kier alpha value is -2.51. The second-order valence-corrected chi connectivity index (χ2v) is 2.76. The lowest BCUT2D eigenvalue weighted by Crippen LogP contribution is -2.31. The van der Waals surface area contributed by atoms with Crippen molar-refractivity contribution in [2.24, 2.45) is 0 Å². The van der Waals surface area contributed by atoms with Crippen LogP contribution in [0, 0.1) is 0 Å². The Bertz CT molecular complexity index is 335. The first kappa shape index (κ1) is 15.5. The smallest absolute Gasteiger partial charge is 0.371 e. The van der Waals surface area contributed by atoms with Crippen LogP contribution in [0.4, 0.5) is 0 Å². The molecule has 0 spiro atoms. The van der Waals surface area contributed by atoms with E-state index in [0.29, 0.717) is 0 Å². The van der Waals surface area contributed by atoms with Crippen LogP contribution in [0.1, 0.15) is 0 Å². The fourth-order valence-electron chi connectivity index (χ4n) is 0.751. The zero-order chi connectivity index (χ0) is 14.0. The van der Waals surface area contributed by atoms with Gasteiger partial charge in [-0.3, -0.25) is 9.59 Å². The van der Waals surface area contributed by atoms with Crippen molar-refractivity contribution in [3.8, 4) is 0 Å². The molecule has 0 saturated heterocycles. The van der Waals surface area contributed by atoms with Crippen LogP contribution in [0.15, 0.2) is 12.7 Å². The molecule has 0 aromatic carbocycles. The summed E-state index contributed by atoms with van der Waals surface area (Å²) in [6, 6.07) is 0. The monoisotopic (exact) mass is 258 g/mol. The van der Waals surface area contributed by atoms with Crippen LogP contribution in [0.25, 0.3) is 0 Å². The quantitative estimate of drug-likeness (QED) is 0.171. The number of hydrogen-bond acceptors (Lipinski definition) is 8. The Kier molecular flexibility index (Phi) is 7.42. The summed E-state index contributed by atoms with van der Waals surface area (Å²) < 4.78 is 13.4. The van der Waals surface area contributed by atoms with E-state index in [2.05, 4.69) is 20.8 Å². The number of esters is 3. The highest BCUT2D eigenvalue weighted by molar-refractivity contribution is 6.20. The molecule has 0 aromatic heterocycles. The number of carbonyl (C=O) groups is 5. The fraction of sp³-hybridized carbons (Fsp3) is 0.300. The molecule has 1 unspecified atom stereocenters. The molecule has 18 heavy (non-hydrogen) atoms. The molecule has 8 heteroatoms. The van der Waals surface area contributed by atoms with E-state index >= 15 is 0 Å². The van der Waals surface area contributed by atoms with Crippen molar-refractivity contribution in [1.82, 2.24) is 0 Å². The largest absolute Gasteiger partial charge is 0.458 e. The van der Waals surface area contributed by atoms with Crippen molar-refractivity contribution in [2.45, 2.75) is 6.10 Å².